The number of hydrogen-bond donors (Lipinski definition) is 1. The van der Waals surface area contributed by atoms with Gasteiger partial charge in [-0.05, 0) is 64.1 Å². The van der Waals surface area contributed by atoms with Gasteiger partial charge < -0.3 is 9.84 Å². The molecule has 0 aromatic heterocycles. The first kappa shape index (κ1) is 18.6. The van der Waals surface area contributed by atoms with Gasteiger partial charge in [-0.15, -0.1) is 0 Å². The number of hydrogen-bond acceptors (Lipinski definition) is 6. The van der Waals surface area contributed by atoms with E-state index in [1.54, 1.807) is 37.5 Å². The molecule has 1 N–H and O–H groups in total. The van der Waals surface area contributed by atoms with Crippen molar-refractivity contribution in [3.63, 3.8) is 0 Å². The lowest BCUT2D eigenvalue weighted by atomic mass is 10.2. The van der Waals surface area contributed by atoms with E-state index in [2.05, 4.69) is 21.0 Å². The van der Waals surface area contributed by atoms with E-state index in [1.807, 2.05) is 18.2 Å². The molecule has 1 heterocycles. The maximum absolute atomic E-state index is 12.6. The van der Waals surface area contributed by atoms with E-state index in [0.29, 0.717) is 20.5 Å². The number of rotatable bonds is 4. The highest BCUT2D eigenvalue weighted by molar-refractivity contribution is 9.10. The fraction of sp³-hybridized carbons (Fsp3) is 0.0556. The van der Waals surface area contributed by atoms with E-state index in [-0.39, 0.29) is 11.7 Å². The monoisotopic (exact) mass is 448 g/mol. The van der Waals surface area contributed by atoms with Gasteiger partial charge in [-0.1, -0.05) is 30.0 Å². The molecule has 1 saturated heterocycles. The Kier molecular flexibility index (Phi) is 5.75. The topological polar surface area (TPSA) is 62.1 Å². The molecule has 2 aromatic rings. The van der Waals surface area contributed by atoms with Crippen LogP contribution in [0.15, 0.2) is 56.9 Å². The van der Waals surface area contributed by atoms with E-state index in [1.165, 1.54) is 18.0 Å². The van der Waals surface area contributed by atoms with Crippen molar-refractivity contribution in [3.8, 4) is 11.5 Å². The molecule has 1 amide bonds. The maximum Gasteiger partial charge on any atom is 0.286 e. The summed E-state index contributed by atoms with van der Waals surface area (Å²) >= 11 is 9.85. The molecular weight excluding hydrogens is 436 g/mol. The number of halogens is 1. The summed E-state index contributed by atoms with van der Waals surface area (Å²) < 4.78 is 6.33. The lowest BCUT2D eigenvalue weighted by Crippen LogP contribution is -2.22. The molecule has 132 valence electrons. The van der Waals surface area contributed by atoms with Gasteiger partial charge >= 0.3 is 0 Å². The smallest absolute Gasteiger partial charge is 0.286 e. The predicted molar refractivity (Wildman–Crippen MR) is 111 cm³/mol. The molecule has 0 saturated carbocycles. The largest absolute Gasteiger partial charge is 0.507 e. The van der Waals surface area contributed by atoms with Gasteiger partial charge in [0.2, 0.25) is 0 Å². The van der Waals surface area contributed by atoms with Crippen molar-refractivity contribution in [2.75, 3.05) is 7.11 Å². The van der Waals surface area contributed by atoms with Crippen molar-refractivity contribution in [1.82, 2.24) is 5.01 Å². The number of ether oxygens (including phenoxy) is 1. The number of benzene rings is 2. The zero-order chi connectivity index (χ0) is 18.7. The Balaban J connectivity index is 1.82. The standard InChI is InChI=1S/C18H13BrN2O3S2/c1-24-15-7-6-11(8-13(15)19)9-16-17(23)21(18(25)26-16)20-10-12-4-2-3-5-14(12)22/h2-10,22H,1H3. The minimum atomic E-state index is -0.307. The zero-order valence-corrected chi connectivity index (χ0v) is 16.8. The average Bonchev–Trinajstić information content (AvgIpc) is 2.88. The molecule has 5 nitrogen and oxygen atoms in total. The van der Waals surface area contributed by atoms with Crippen LogP contribution in [0.1, 0.15) is 11.1 Å². The number of methoxy groups -OCH3 is 1. The van der Waals surface area contributed by atoms with Gasteiger partial charge in [0, 0.05) is 5.56 Å². The highest BCUT2D eigenvalue weighted by Crippen LogP contribution is 2.34. The SMILES string of the molecule is COc1ccc(C=C2SC(=S)N(N=Cc3ccccc3O)C2=O)cc1Br. The molecule has 26 heavy (non-hydrogen) atoms. The first-order valence-corrected chi connectivity index (χ1v) is 9.45. The van der Waals surface area contributed by atoms with Crippen LogP contribution in [-0.4, -0.2) is 33.7 Å². The number of hydrazone groups is 1. The van der Waals surface area contributed by atoms with E-state index >= 15 is 0 Å². The highest BCUT2D eigenvalue weighted by atomic mass is 79.9. The highest BCUT2D eigenvalue weighted by Gasteiger charge is 2.32. The summed E-state index contributed by atoms with van der Waals surface area (Å²) in [6, 6.07) is 12.2. The Morgan fingerprint density at radius 2 is 2.08 bits per heavy atom. The van der Waals surface area contributed by atoms with E-state index in [0.717, 1.165) is 15.0 Å². The summed E-state index contributed by atoms with van der Waals surface area (Å²) in [6.45, 7) is 0. The molecule has 1 aliphatic heterocycles. The molecule has 1 aliphatic rings. The van der Waals surface area contributed by atoms with Crippen molar-refractivity contribution >= 4 is 62.4 Å². The van der Waals surface area contributed by atoms with Gasteiger partial charge in [0.1, 0.15) is 11.5 Å². The Labute approximate surface area is 168 Å². The average molecular weight is 449 g/mol. The molecule has 1 fully saturated rings. The Hall–Kier alpha value is -2.16. The number of thiocarbonyl (C=S) groups is 1. The number of para-hydroxylation sites is 1. The number of carbonyl (C=O) groups is 1. The van der Waals surface area contributed by atoms with Gasteiger partial charge in [-0.3, -0.25) is 4.79 Å². The van der Waals surface area contributed by atoms with Crippen molar-refractivity contribution in [3.05, 3.63) is 63.0 Å². The minimum Gasteiger partial charge on any atom is -0.507 e. The second-order valence-electron chi connectivity index (χ2n) is 5.19. The van der Waals surface area contributed by atoms with Crippen LogP contribution in [0.3, 0.4) is 0 Å². The van der Waals surface area contributed by atoms with Crippen LogP contribution in [-0.2, 0) is 4.79 Å². The number of carbonyl (C=O) groups excluding carboxylic acids is 1. The third-order valence-electron chi connectivity index (χ3n) is 3.50. The summed E-state index contributed by atoms with van der Waals surface area (Å²) in [5, 5.41) is 15.0. The van der Waals surface area contributed by atoms with Crippen LogP contribution in [0.2, 0.25) is 0 Å². The van der Waals surface area contributed by atoms with Crippen molar-refractivity contribution in [2.45, 2.75) is 0 Å². The molecule has 3 rings (SSSR count). The summed E-state index contributed by atoms with van der Waals surface area (Å²) in [5.74, 6) is 0.487. The number of phenolic OH excluding ortho intramolecular Hbond substituents is 1. The molecule has 0 atom stereocenters. The normalized spacial score (nSPS) is 16.1. The Bertz CT molecular complexity index is 944. The molecular formula is C18H13BrN2O3S2. The van der Waals surface area contributed by atoms with Crippen LogP contribution in [0.5, 0.6) is 11.5 Å². The number of amides is 1. The Morgan fingerprint density at radius 1 is 1.31 bits per heavy atom. The number of thioether (sulfide) groups is 1. The fourth-order valence-corrected chi connectivity index (χ4v) is 3.93. The number of phenols is 1. The van der Waals surface area contributed by atoms with E-state index in [9.17, 15) is 9.90 Å². The molecule has 8 heteroatoms. The van der Waals surface area contributed by atoms with Crippen LogP contribution in [0.4, 0.5) is 0 Å². The van der Waals surface area contributed by atoms with Gasteiger partial charge in [0.05, 0.1) is 22.7 Å². The minimum absolute atomic E-state index is 0.0836. The fourth-order valence-electron chi connectivity index (χ4n) is 2.20. The summed E-state index contributed by atoms with van der Waals surface area (Å²) in [6.07, 6.45) is 3.16. The van der Waals surface area contributed by atoms with Gasteiger partial charge in [-0.2, -0.15) is 10.1 Å². The van der Waals surface area contributed by atoms with Crippen LogP contribution in [0, 0.1) is 0 Å². The first-order valence-electron chi connectivity index (χ1n) is 7.43. The molecule has 0 bridgehead atoms. The Morgan fingerprint density at radius 3 is 2.77 bits per heavy atom. The number of nitrogens with zero attached hydrogens (tertiary/aromatic N) is 2. The molecule has 0 spiro atoms. The van der Waals surface area contributed by atoms with Gasteiger partial charge in [0.15, 0.2) is 4.32 Å². The lowest BCUT2D eigenvalue weighted by Gasteiger charge is -2.06. The maximum atomic E-state index is 12.6. The second kappa shape index (κ2) is 8.03. The van der Waals surface area contributed by atoms with Crippen LogP contribution >= 0.6 is 39.9 Å². The van der Waals surface area contributed by atoms with Crippen LogP contribution in [0.25, 0.3) is 6.08 Å². The molecule has 0 aliphatic carbocycles. The summed E-state index contributed by atoms with van der Waals surface area (Å²) in [4.78, 5) is 13.0. The molecule has 0 radical (unpaired) electrons. The third-order valence-corrected chi connectivity index (χ3v) is 5.40. The first-order chi connectivity index (χ1) is 12.5. The van der Waals surface area contributed by atoms with Crippen LogP contribution < -0.4 is 4.74 Å². The lowest BCUT2D eigenvalue weighted by molar-refractivity contribution is -0.122. The predicted octanol–water partition coefficient (Wildman–Crippen LogP) is 4.40. The van der Waals surface area contributed by atoms with E-state index in [4.69, 9.17) is 17.0 Å². The number of aromatic hydroxyl groups is 1. The van der Waals surface area contributed by atoms with E-state index < -0.39 is 0 Å². The van der Waals surface area contributed by atoms with Crippen molar-refractivity contribution in [1.29, 1.82) is 0 Å². The quantitative estimate of drug-likeness (QED) is 0.426. The van der Waals surface area contributed by atoms with Crippen molar-refractivity contribution in [2.24, 2.45) is 5.10 Å². The molecule has 2 aromatic carbocycles. The third kappa shape index (κ3) is 3.98. The second-order valence-corrected chi connectivity index (χ2v) is 7.72. The summed E-state index contributed by atoms with van der Waals surface area (Å²) in [7, 11) is 1.59. The summed E-state index contributed by atoms with van der Waals surface area (Å²) in [5.41, 5.74) is 1.34. The zero-order valence-electron chi connectivity index (χ0n) is 13.5. The van der Waals surface area contributed by atoms with Gasteiger partial charge in [0.25, 0.3) is 5.91 Å². The van der Waals surface area contributed by atoms with Gasteiger partial charge in [-0.25, -0.2) is 0 Å². The molecule has 0 unspecified atom stereocenters. The van der Waals surface area contributed by atoms with Crippen molar-refractivity contribution < 1.29 is 14.6 Å².